The predicted molar refractivity (Wildman–Crippen MR) is 107 cm³/mol. The number of hydrogen-bond donors (Lipinski definition) is 6. The average Bonchev–Trinajstić information content (AvgIpc) is 2.62. The van der Waals surface area contributed by atoms with Crippen molar-refractivity contribution in [1.82, 2.24) is 14.7 Å². The fourth-order valence-corrected chi connectivity index (χ4v) is 5.42. The van der Waals surface area contributed by atoms with E-state index in [1.165, 1.54) is 4.90 Å². The lowest BCUT2D eigenvalue weighted by atomic mass is 10.4. The van der Waals surface area contributed by atoms with Crippen molar-refractivity contribution in [2.45, 2.75) is 6.92 Å². The molecule has 0 aliphatic carbocycles. The Bertz CT molecular complexity index is 595. The Morgan fingerprint density at radius 2 is 1.00 bits per heavy atom. The van der Waals surface area contributed by atoms with Gasteiger partial charge in [-0.25, -0.2) is 0 Å². The van der Waals surface area contributed by atoms with Crippen LogP contribution in [-0.4, -0.2) is 122 Å². The summed E-state index contributed by atoms with van der Waals surface area (Å²) in [5.74, 6) is 0. The first kappa shape index (κ1) is 28.3. The van der Waals surface area contributed by atoms with E-state index in [0.29, 0.717) is 6.54 Å². The maximum Gasteiger partial charge on any atom is 0.238 e. The molecule has 0 aromatic carbocycles. The molecule has 170 valence electrons. The fraction of sp³-hybridized carbons (Fsp3) is 1.00. The summed E-state index contributed by atoms with van der Waals surface area (Å²) in [5.41, 5.74) is 0. The maximum atomic E-state index is 11.9. The van der Waals surface area contributed by atoms with E-state index in [1.54, 1.807) is 23.8 Å². The molecule has 0 aromatic heterocycles. The summed E-state index contributed by atoms with van der Waals surface area (Å²) in [6.45, 7) is 3.23. The van der Waals surface area contributed by atoms with Gasteiger partial charge in [0.05, 0.1) is 18.9 Å². The Balaban J connectivity index is 4.90. The van der Waals surface area contributed by atoms with Crippen LogP contribution in [0.5, 0.6) is 0 Å². The predicted octanol–water partition coefficient (Wildman–Crippen LogP) is -0.925. The highest BCUT2D eigenvalue weighted by Gasteiger charge is 2.25. The quantitative estimate of drug-likeness (QED) is 0.153. The first-order valence-corrected chi connectivity index (χ1v) is 14.8. The zero-order valence-electron chi connectivity index (χ0n) is 16.4. The number of aliphatic hydroxyl groups is 3. The van der Waals surface area contributed by atoms with Crippen LogP contribution in [0.3, 0.4) is 0 Å². The molecule has 0 radical (unpaired) electrons. The molecule has 12 nitrogen and oxygen atoms in total. The van der Waals surface area contributed by atoms with Crippen LogP contribution in [0, 0.1) is 0 Å². The minimum absolute atomic E-state index is 0.214. The zero-order valence-corrected chi connectivity index (χ0v) is 19.1. The van der Waals surface area contributed by atoms with Crippen molar-refractivity contribution >= 4 is 22.1 Å². The third kappa shape index (κ3) is 12.8. The molecule has 0 rings (SSSR count). The van der Waals surface area contributed by atoms with Crippen molar-refractivity contribution in [2.75, 3.05) is 77.7 Å². The summed E-state index contributed by atoms with van der Waals surface area (Å²) in [6, 6.07) is 0. The fourth-order valence-electron chi connectivity index (χ4n) is 2.38. The van der Waals surface area contributed by atoms with Gasteiger partial charge in [-0.15, -0.1) is 0 Å². The SMILES string of the molecule is CCN(CCN(CCN(C)CP(=O)(O)CO)CP(=O)(O)CO)CP(=O)(O)CO. The lowest BCUT2D eigenvalue weighted by Crippen LogP contribution is -2.40. The number of likely N-dealkylation sites (N-methyl/N-ethyl adjacent to an activating group) is 2. The van der Waals surface area contributed by atoms with Crippen LogP contribution in [0.15, 0.2) is 0 Å². The molecule has 0 aliphatic rings. The Labute approximate surface area is 165 Å². The molecule has 0 heterocycles. The number of rotatable bonds is 16. The van der Waals surface area contributed by atoms with Crippen LogP contribution >= 0.6 is 22.1 Å². The Hall–Kier alpha value is 0.330. The van der Waals surface area contributed by atoms with E-state index in [4.69, 9.17) is 15.3 Å². The third-order valence-corrected chi connectivity index (χ3v) is 7.88. The summed E-state index contributed by atoms with van der Waals surface area (Å²) in [5, 5.41) is 26.9. The number of nitrogens with zero attached hydrogens (tertiary/aromatic N) is 3. The second kappa shape index (κ2) is 12.9. The van der Waals surface area contributed by atoms with Gasteiger partial charge in [0.15, 0.2) is 0 Å². The highest BCUT2D eigenvalue weighted by atomic mass is 31.2. The molecule has 0 bridgehead atoms. The van der Waals surface area contributed by atoms with Gasteiger partial charge in [0.25, 0.3) is 0 Å². The Morgan fingerprint density at radius 3 is 1.43 bits per heavy atom. The summed E-state index contributed by atoms with van der Waals surface area (Å²) in [4.78, 5) is 33.5. The van der Waals surface area contributed by atoms with Crippen LogP contribution in [0.25, 0.3) is 0 Å². The van der Waals surface area contributed by atoms with E-state index in [-0.39, 0.29) is 45.0 Å². The first-order valence-electron chi connectivity index (χ1n) is 8.68. The standard InChI is InChI=1S/C13H34N3O9P3/c1-3-15(9-27(22,23)12-18)6-7-16(10-28(24,25)13-19)5-4-14(2)8-26(20,21)11-17/h17-19H,3-13H2,1-2H3,(H,20,21)(H,22,23)(H,24,25). The molecule has 6 N–H and O–H groups in total. The summed E-state index contributed by atoms with van der Waals surface area (Å²) in [6.07, 6.45) is -3.31. The van der Waals surface area contributed by atoms with Crippen molar-refractivity contribution < 1.29 is 43.7 Å². The van der Waals surface area contributed by atoms with Gasteiger partial charge in [-0.2, -0.15) is 0 Å². The molecule has 0 saturated heterocycles. The second-order valence-electron chi connectivity index (χ2n) is 6.80. The normalized spacial score (nSPS) is 19.0. The lowest BCUT2D eigenvalue weighted by molar-refractivity contribution is 0.210. The van der Waals surface area contributed by atoms with Gasteiger partial charge in [0.1, 0.15) is 19.0 Å². The molecule has 0 spiro atoms. The third-order valence-electron chi connectivity index (χ3n) is 3.94. The van der Waals surface area contributed by atoms with Crippen LogP contribution in [-0.2, 0) is 13.7 Å². The molecule has 0 aromatic rings. The molecule has 3 atom stereocenters. The van der Waals surface area contributed by atoms with Crippen molar-refractivity contribution in [1.29, 1.82) is 0 Å². The van der Waals surface area contributed by atoms with Crippen LogP contribution in [0.2, 0.25) is 0 Å². The van der Waals surface area contributed by atoms with E-state index in [9.17, 15) is 28.4 Å². The van der Waals surface area contributed by atoms with Crippen LogP contribution in [0.1, 0.15) is 6.92 Å². The molecule has 3 unspecified atom stereocenters. The van der Waals surface area contributed by atoms with Crippen LogP contribution < -0.4 is 0 Å². The highest BCUT2D eigenvalue weighted by molar-refractivity contribution is 7.58. The van der Waals surface area contributed by atoms with Crippen molar-refractivity contribution in [2.24, 2.45) is 0 Å². The summed E-state index contributed by atoms with van der Waals surface area (Å²) in [7, 11) is -9.58. The molecule has 0 aliphatic heterocycles. The number of aliphatic hydroxyl groups excluding tert-OH is 3. The Kier molecular flexibility index (Phi) is 13.0. The monoisotopic (exact) mass is 469 g/mol. The first-order chi connectivity index (χ1) is 12.8. The largest absolute Gasteiger partial charge is 0.386 e. The van der Waals surface area contributed by atoms with Crippen molar-refractivity contribution in [3.05, 3.63) is 0 Å². The molecule has 0 saturated carbocycles. The van der Waals surface area contributed by atoms with Gasteiger partial charge in [0, 0.05) is 26.2 Å². The molecule has 28 heavy (non-hydrogen) atoms. The van der Waals surface area contributed by atoms with E-state index in [1.807, 2.05) is 0 Å². The molecular formula is C13H34N3O9P3. The molecular weight excluding hydrogens is 435 g/mol. The summed E-state index contributed by atoms with van der Waals surface area (Å²) < 4.78 is 35.2. The lowest BCUT2D eigenvalue weighted by Gasteiger charge is -2.30. The molecule has 15 heteroatoms. The van der Waals surface area contributed by atoms with E-state index in [0.717, 1.165) is 0 Å². The van der Waals surface area contributed by atoms with Gasteiger partial charge in [0.2, 0.25) is 22.1 Å². The van der Waals surface area contributed by atoms with Gasteiger partial charge in [-0.1, -0.05) is 6.92 Å². The minimum atomic E-state index is -3.80. The second-order valence-corrected chi connectivity index (χ2v) is 13.6. The average molecular weight is 469 g/mol. The van der Waals surface area contributed by atoms with E-state index in [2.05, 4.69) is 0 Å². The Morgan fingerprint density at radius 1 is 0.643 bits per heavy atom. The summed E-state index contributed by atoms with van der Waals surface area (Å²) >= 11 is 0. The number of hydrogen-bond acceptors (Lipinski definition) is 9. The van der Waals surface area contributed by atoms with Crippen molar-refractivity contribution in [3.8, 4) is 0 Å². The molecule has 0 amide bonds. The van der Waals surface area contributed by atoms with Gasteiger partial charge in [-0.3, -0.25) is 28.4 Å². The minimum Gasteiger partial charge on any atom is -0.386 e. The van der Waals surface area contributed by atoms with Gasteiger partial charge in [-0.05, 0) is 13.6 Å². The van der Waals surface area contributed by atoms with Crippen LogP contribution in [0.4, 0.5) is 0 Å². The topological polar surface area (TPSA) is 182 Å². The van der Waals surface area contributed by atoms with Gasteiger partial charge < -0.3 is 30.0 Å². The van der Waals surface area contributed by atoms with Gasteiger partial charge >= 0.3 is 0 Å². The van der Waals surface area contributed by atoms with E-state index < -0.39 is 41.2 Å². The zero-order chi connectivity index (χ0) is 22.0. The highest BCUT2D eigenvalue weighted by Crippen LogP contribution is 2.41. The maximum absolute atomic E-state index is 11.9. The van der Waals surface area contributed by atoms with Crippen molar-refractivity contribution in [3.63, 3.8) is 0 Å². The molecule has 0 fully saturated rings. The smallest absolute Gasteiger partial charge is 0.238 e. The van der Waals surface area contributed by atoms with E-state index >= 15 is 0 Å².